The number of carbonyl (C=O) groups excluding carboxylic acids is 1. The molecule has 2 rings (SSSR count). The van der Waals surface area contributed by atoms with Crippen LogP contribution < -0.4 is 10.6 Å². The van der Waals surface area contributed by atoms with E-state index in [0.29, 0.717) is 24.1 Å². The standard InChI is InChI=1S/C18H26N4O/c1-12(2)14(4)21-17-8-6-7-16(13(17)3)18(23)19-11-15-9-10-20-22(15)5/h6-10,12,14,21H,11H2,1-5H3,(H,19,23)/t14-/m1/s1. The number of nitrogens with zero attached hydrogens (tertiary/aromatic N) is 2. The van der Waals surface area contributed by atoms with Crippen molar-refractivity contribution in [1.29, 1.82) is 0 Å². The molecule has 124 valence electrons. The zero-order valence-electron chi connectivity index (χ0n) is 14.6. The van der Waals surface area contributed by atoms with Gasteiger partial charge in [-0.25, -0.2) is 0 Å². The Kier molecular flexibility index (Phi) is 5.42. The molecule has 1 aromatic carbocycles. The lowest BCUT2D eigenvalue weighted by Gasteiger charge is -2.21. The molecule has 0 bridgehead atoms. The second kappa shape index (κ2) is 7.31. The molecule has 23 heavy (non-hydrogen) atoms. The number of amides is 1. The molecule has 0 saturated heterocycles. The topological polar surface area (TPSA) is 59.0 Å². The van der Waals surface area contributed by atoms with Crippen LogP contribution in [0.15, 0.2) is 30.5 Å². The number of benzene rings is 1. The molecule has 0 aliphatic rings. The van der Waals surface area contributed by atoms with Gasteiger partial charge in [-0.1, -0.05) is 19.9 Å². The van der Waals surface area contributed by atoms with Crippen molar-refractivity contribution in [2.75, 3.05) is 5.32 Å². The third-order valence-corrected chi connectivity index (χ3v) is 4.31. The molecule has 0 radical (unpaired) electrons. The van der Waals surface area contributed by atoms with E-state index >= 15 is 0 Å². The summed E-state index contributed by atoms with van der Waals surface area (Å²) in [6.45, 7) is 8.96. The molecule has 2 aromatic rings. The lowest BCUT2D eigenvalue weighted by molar-refractivity contribution is 0.0949. The zero-order chi connectivity index (χ0) is 17.0. The molecule has 1 amide bonds. The number of aromatic nitrogens is 2. The lowest BCUT2D eigenvalue weighted by Crippen LogP contribution is -2.26. The fourth-order valence-corrected chi connectivity index (χ4v) is 2.29. The summed E-state index contributed by atoms with van der Waals surface area (Å²) in [5.74, 6) is 0.460. The summed E-state index contributed by atoms with van der Waals surface area (Å²) in [4.78, 5) is 12.5. The number of rotatable bonds is 6. The molecule has 2 N–H and O–H groups in total. The summed E-state index contributed by atoms with van der Waals surface area (Å²) in [7, 11) is 1.87. The molecule has 5 nitrogen and oxygen atoms in total. The van der Waals surface area contributed by atoms with Crippen LogP contribution >= 0.6 is 0 Å². The van der Waals surface area contributed by atoms with Gasteiger partial charge in [-0.2, -0.15) is 5.10 Å². The van der Waals surface area contributed by atoms with Gasteiger partial charge in [-0.05, 0) is 43.5 Å². The first-order valence-electron chi connectivity index (χ1n) is 8.01. The van der Waals surface area contributed by atoms with Gasteiger partial charge in [0.25, 0.3) is 5.91 Å². The predicted octanol–water partition coefficient (Wildman–Crippen LogP) is 3.11. The van der Waals surface area contributed by atoms with Crippen LogP contribution in [0, 0.1) is 12.8 Å². The summed E-state index contributed by atoms with van der Waals surface area (Å²) in [5.41, 5.74) is 3.66. The maximum atomic E-state index is 12.5. The molecule has 1 aromatic heterocycles. The molecule has 0 fully saturated rings. The zero-order valence-corrected chi connectivity index (χ0v) is 14.6. The molecule has 0 aliphatic carbocycles. The van der Waals surface area contributed by atoms with E-state index < -0.39 is 0 Å². The number of hydrogen-bond donors (Lipinski definition) is 2. The van der Waals surface area contributed by atoms with Gasteiger partial charge in [0.2, 0.25) is 0 Å². The van der Waals surface area contributed by atoms with Crippen molar-refractivity contribution in [3.05, 3.63) is 47.3 Å². The van der Waals surface area contributed by atoms with E-state index in [9.17, 15) is 4.79 Å². The fraction of sp³-hybridized carbons (Fsp3) is 0.444. The summed E-state index contributed by atoms with van der Waals surface area (Å²) in [6, 6.07) is 8.05. The maximum absolute atomic E-state index is 12.5. The van der Waals surface area contributed by atoms with Crippen molar-refractivity contribution < 1.29 is 4.79 Å². The van der Waals surface area contributed by atoms with Crippen LogP contribution in [0.2, 0.25) is 0 Å². The molecule has 5 heteroatoms. The first kappa shape index (κ1) is 17.1. The molecule has 0 spiro atoms. The number of carbonyl (C=O) groups is 1. The highest BCUT2D eigenvalue weighted by molar-refractivity contribution is 5.97. The van der Waals surface area contributed by atoms with Gasteiger partial charge >= 0.3 is 0 Å². The predicted molar refractivity (Wildman–Crippen MR) is 93.5 cm³/mol. The Morgan fingerprint density at radius 1 is 1.26 bits per heavy atom. The van der Waals surface area contributed by atoms with Crippen LogP contribution in [0.4, 0.5) is 5.69 Å². The molecule has 1 heterocycles. The van der Waals surface area contributed by atoms with Crippen molar-refractivity contribution in [2.45, 2.75) is 40.3 Å². The SMILES string of the molecule is Cc1c(N[C@H](C)C(C)C)cccc1C(=O)NCc1ccnn1C. The molecule has 1 atom stereocenters. The van der Waals surface area contributed by atoms with E-state index in [-0.39, 0.29) is 5.91 Å². The summed E-state index contributed by atoms with van der Waals surface area (Å²) in [6.07, 6.45) is 1.73. The Hall–Kier alpha value is -2.30. The van der Waals surface area contributed by atoms with Gasteiger partial charge in [0.15, 0.2) is 0 Å². The van der Waals surface area contributed by atoms with Gasteiger partial charge in [0.1, 0.15) is 0 Å². The van der Waals surface area contributed by atoms with Crippen LogP contribution in [0.3, 0.4) is 0 Å². The van der Waals surface area contributed by atoms with Gasteiger partial charge in [-0.3, -0.25) is 9.48 Å². The molecule has 0 unspecified atom stereocenters. The van der Waals surface area contributed by atoms with Crippen LogP contribution in [0.1, 0.15) is 42.4 Å². The third-order valence-electron chi connectivity index (χ3n) is 4.31. The maximum Gasteiger partial charge on any atom is 0.251 e. The van der Waals surface area contributed by atoms with E-state index in [1.54, 1.807) is 10.9 Å². The molecule has 0 aliphatic heterocycles. The Morgan fingerprint density at radius 2 is 2.00 bits per heavy atom. The summed E-state index contributed by atoms with van der Waals surface area (Å²) >= 11 is 0. The van der Waals surface area contributed by atoms with Crippen molar-refractivity contribution in [1.82, 2.24) is 15.1 Å². The lowest BCUT2D eigenvalue weighted by atomic mass is 10.0. The van der Waals surface area contributed by atoms with E-state index in [4.69, 9.17) is 0 Å². The quantitative estimate of drug-likeness (QED) is 0.861. The summed E-state index contributed by atoms with van der Waals surface area (Å²) < 4.78 is 1.76. The van der Waals surface area contributed by atoms with E-state index in [1.807, 2.05) is 38.2 Å². The summed E-state index contributed by atoms with van der Waals surface area (Å²) in [5, 5.41) is 10.6. The first-order chi connectivity index (χ1) is 10.9. The second-order valence-electron chi connectivity index (χ2n) is 6.28. The Morgan fingerprint density at radius 3 is 2.61 bits per heavy atom. The number of nitrogens with one attached hydrogen (secondary N) is 2. The minimum absolute atomic E-state index is 0.0652. The highest BCUT2D eigenvalue weighted by Gasteiger charge is 2.14. The molecular formula is C18H26N4O. The normalized spacial score (nSPS) is 12.3. The first-order valence-corrected chi connectivity index (χ1v) is 8.01. The van der Waals surface area contributed by atoms with Crippen LogP contribution in [-0.4, -0.2) is 21.7 Å². The van der Waals surface area contributed by atoms with Crippen LogP contribution in [-0.2, 0) is 13.6 Å². The van der Waals surface area contributed by atoms with Gasteiger partial charge in [0.05, 0.1) is 12.2 Å². The minimum Gasteiger partial charge on any atom is -0.382 e. The second-order valence-corrected chi connectivity index (χ2v) is 6.28. The highest BCUT2D eigenvalue weighted by Crippen LogP contribution is 2.21. The fourth-order valence-electron chi connectivity index (χ4n) is 2.29. The van der Waals surface area contributed by atoms with Gasteiger partial charge in [0, 0.05) is 30.5 Å². The monoisotopic (exact) mass is 314 g/mol. The van der Waals surface area contributed by atoms with Crippen LogP contribution in [0.25, 0.3) is 0 Å². The smallest absolute Gasteiger partial charge is 0.251 e. The Balaban J connectivity index is 2.10. The Labute approximate surface area is 138 Å². The average Bonchev–Trinajstić information content (AvgIpc) is 2.92. The Bertz CT molecular complexity index is 675. The number of hydrogen-bond acceptors (Lipinski definition) is 3. The molecule has 0 saturated carbocycles. The van der Waals surface area contributed by atoms with Crippen molar-refractivity contribution in [3.8, 4) is 0 Å². The number of aryl methyl sites for hydroxylation is 1. The van der Waals surface area contributed by atoms with Crippen LogP contribution in [0.5, 0.6) is 0 Å². The third kappa shape index (κ3) is 4.12. The molecular weight excluding hydrogens is 288 g/mol. The van der Waals surface area contributed by atoms with Crippen molar-refractivity contribution >= 4 is 11.6 Å². The van der Waals surface area contributed by atoms with Crippen molar-refractivity contribution in [2.24, 2.45) is 13.0 Å². The van der Waals surface area contributed by atoms with Gasteiger partial charge in [-0.15, -0.1) is 0 Å². The minimum atomic E-state index is -0.0652. The van der Waals surface area contributed by atoms with E-state index in [1.165, 1.54) is 0 Å². The van der Waals surface area contributed by atoms with Crippen molar-refractivity contribution in [3.63, 3.8) is 0 Å². The highest BCUT2D eigenvalue weighted by atomic mass is 16.1. The van der Waals surface area contributed by atoms with Gasteiger partial charge < -0.3 is 10.6 Å². The average molecular weight is 314 g/mol. The van der Waals surface area contributed by atoms with E-state index in [0.717, 1.165) is 16.9 Å². The largest absolute Gasteiger partial charge is 0.382 e. The number of anilines is 1. The van der Waals surface area contributed by atoms with E-state index in [2.05, 4.69) is 36.5 Å².